The molecule has 1 aromatic carbocycles. The third kappa shape index (κ3) is 6.99. The number of ether oxygens (including phenoxy) is 2. The Balaban J connectivity index is 1.29. The number of piperidine rings is 1. The number of halogens is 3. The Morgan fingerprint density at radius 1 is 1.03 bits per heavy atom. The second-order valence-corrected chi connectivity index (χ2v) is 17.1. The van der Waals surface area contributed by atoms with Gasteiger partial charge in [0.15, 0.2) is 11.6 Å². The Bertz CT molecular complexity index is 989. The Hall–Kier alpha value is -1.68. The SMILES string of the molecule is C[Si](C)(C)CCOCn1nccc1C1CCCNC1CO[C@H]1CC[C@@H](c2c(F)ccc(F)c2F)CC1. The summed E-state index contributed by atoms with van der Waals surface area (Å²) in [5, 5.41) is 8.14. The number of hydrogen-bond donors (Lipinski definition) is 1. The topological polar surface area (TPSA) is 48.3 Å². The van der Waals surface area contributed by atoms with Crippen molar-refractivity contribution in [2.75, 3.05) is 19.8 Å². The first-order chi connectivity index (χ1) is 17.2. The van der Waals surface area contributed by atoms with Crippen molar-refractivity contribution < 1.29 is 22.6 Å². The van der Waals surface area contributed by atoms with Gasteiger partial charge in [0, 0.05) is 44.1 Å². The number of nitrogens with zero attached hydrogens (tertiary/aromatic N) is 2. The molecule has 1 saturated carbocycles. The minimum Gasteiger partial charge on any atom is -0.377 e. The molecule has 2 heterocycles. The molecule has 200 valence electrons. The third-order valence-electron chi connectivity index (χ3n) is 7.60. The van der Waals surface area contributed by atoms with Crippen LogP contribution < -0.4 is 5.32 Å². The maximum Gasteiger partial charge on any atom is 0.165 e. The van der Waals surface area contributed by atoms with Crippen LogP contribution in [0.25, 0.3) is 0 Å². The molecule has 2 aliphatic rings. The normalized spacial score (nSPS) is 25.3. The van der Waals surface area contributed by atoms with Crippen LogP contribution in [-0.4, -0.2) is 49.8 Å². The van der Waals surface area contributed by atoms with E-state index < -0.39 is 25.5 Å². The Morgan fingerprint density at radius 3 is 2.53 bits per heavy atom. The zero-order chi connectivity index (χ0) is 25.7. The van der Waals surface area contributed by atoms with Crippen LogP contribution in [0.15, 0.2) is 24.4 Å². The molecule has 2 unspecified atom stereocenters. The lowest BCUT2D eigenvalue weighted by atomic mass is 9.82. The fraction of sp³-hybridized carbons (Fsp3) is 0.667. The molecule has 1 aromatic heterocycles. The first-order valence-electron chi connectivity index (χ1n) is 13.3. The molecule has 2 aromatic rings. The number of benzene rings is 1. The van der Waals surface area contributed by atoms with E-state index in [1.807, 2.05) is 10.9 Å². The Labute approximate surface area is 213 Å². The number of nitrogens with one attached hydrogen (secondary N) is 1. The summed E-state index contributed by atoms with van der Waals surface area (Å²) in [6.07, 6.45) is 6.64. The maximum atomic E-state index is 14.2. The van der Waals surface area contributed by atoms with E-state index in [0.29, 0.717) is 39.0 Å². The summed E-state index contributed by atoms with van der Waals surface area (Å²) in [5.41, 5.74) is 1.06. The van der Waals surface area contributed by atoms with Crippen molar-refractivity contribution >= 4 is 8.07 Å². The molecule has 0 radical (unpaired) electrons. The molecule has 36 heavy (non-hydrogen) atoms. The van der Waals surface area contributed by atoms with Crippen molar-refractivity contribution in [2.45, 2.75) is 94.9 Å². The van der Waals surface area contributed by atoms with Gasteiger partial charge in [-0.25, -0.2) is 17.9 Å². The van der Waals surface area contributed by atoms with E-state index >= 15 is 0 Å². The summed E-state index contributed by atoms with van der Waals surface area (Å²) in [4.78, 5) is 0. The van der Waals surface area contributed by atoms with Gasteiger partial charge in [-0.1, -0.05) is 19.6 Å². The molecule has 1 N–H and O–H groups in total. The molecule has 1 aliphatic carbocycles. The van der Waals surface area contributed by atoms with Crippen molar-refractivity contribution in [3.05, 3.63) is 53.1 Å². The summed E-state index contributed by atoms with van der Waals surface area (Å²) in [7, 11) is -1.13. The lowest BCUT2D eigenvalue weighted by Crippen LogP contribution is -2.44. The lowest BCUT2D eigenvalue weighted by molar-refractivity contribution is 0.00403. The van der Waals surface area contributed by atoms with Crippen LogP contribution >= 0.6 is 0 Å². The predicted octanol–water partition coefficient (Wildman–Crippen LogP) is 6.19. The zero-order valence-electron chi connectivity index (χ0n) is 21.7. The van der Waals surface area contributed by atoms with Crippen molar-refractivity contribution in [1.82, 2.24) is 15.1 Å². The van der Waals surface area contributed by atoms with E-state index in [-0.39, 0.29) is 29.5 Å². The highest BCUT2D eigenvalue weighted by Gasteiger charge is 2.32. The van der Waals surface area contributed by atoms with Crippen LogP contribution in [0, 0.1) is 17.5 Å². The molecule has 0 bridgehead atoms. The van der Waals surface area contributed by atoms with Gasteiger partial charge in [0.1, 0.15) is 12.5 Å². The van der Waals surface area contributed by atoms with Crippen LogP contribution in [0.4, 0.5) is 13.2 Å². The van der Waals surface area contributed by atoms with Gasteiger partial charge >= 0.3 is 0 Å². The molecule has 1 aliphatic heterocycles. The maximum absolute atomic E-state index is 14.2. The van der Waals surface area contributed by atoms with Crippen LogP contribution in [-0.2, 0) is 16.2 Å². The first kappa shape index (κ1) is 27.4. The van der Waals surface area contributed by atoms with E-state index in [1.165, 1.54) is 5.69 Å². The molecule has 1 saturated heterocycles. The Kier molecular flexibility index (Phi) is 9.30. The average Bonchev–Trinajstić information content (AvgIpc) is 3.32. The lowest BCUT2D eigenvalue weighted by Gasteiger charge is -2.35. The molecular weight excluding hydrogens is 483 g/mol. The minimum absolute atomic E-state index is 0.0418. The summed E-state index contributed by atoms with van der Waals surface area (Å²) in [6, 6.07) is 5.26. The van der Waals surface area contributed by atoms with Crippen molar-refractivity contribution in [2.24, 2.45) is 0 Å². The molecule has 4 rings (SSSR count). The average molecular weight is 524 g/mol. The zero-order valence-corrected chi connectivity index (χ0v) is 22.7. The summed E-state index contributed by atoms with van der Waals surface area (Å²) in [5.74, 6) is -2.71. The number of rotatable bonds is 10. The molecule has 9 heteroatoms. The van der Waals surface area contributed by atoms with Crippen LogP contribution in [0.2, 0.25) is 25.7 Å². The summed E-state index contributed by atoms with van der Waals surface area (Å²) in [6.45, 7) is 9.79. The minimum atomic E-state index is -1.13. The van der Waals surface area contributed by atoms with Gasteiger partial charge in [0.05, 0.1) is 12.7 Å². The third-order valence-corrected chi connectivity index (χ3v) is 9.30. The summed E-state index contributed by atoms with van der Waals surface area (Å²) < 4.78 is 56.3. The van der Waals surface area contributed by atoms with Gasteiger partial charge in [-0.15, -0.1) is 0 Å². The van der Waals surface area contributed by atoms with Crippen LogP contribution in [0.3, 0.4) is 0 Å². The van der Waals surface area contributed by atoms with E-state index in [1.54, 1.807) is 0 Å². The standard InChI is InChI=1S/C27H40F3N3O2Si/c1-36(2,3)16-15-34-18-33-25(12-14-32-33)21-5-4-13-31-24(21)17-35-20-8-6-19(7-9-20)26-22(28)10-11-23(29)27(26)30/h10-12,14,19-21,24,31H,4-9,13,15-18H2,1-3H3/t19-,20+,21?,24?. The molecule has 0 spiro atoms. The summed E-state index contributed by atoms with van der Waals surface area (Å²) >= 11 is 0. The fourth-order valence-electron chi connectivity index (χ4n) is 5.45. The van der Waals surface area contributed by atoms with Gasteiger partial charge in [-0.2, -0.15) is 5.10 Å². The fourth-order valence-corrected chi connectivity index (χ4v) is 6.21. The monoisotopic (exact) mass is 523 g/mol. The second-order valence-electron chi connectivity index (χ2n) is 11.5. The van der Waals surface area contributed by atoms with E-state index in [0.717, 1.165) is 44.2 Å². The molecule has 2 atom stereocenters. The van der Waals surface area contributed by atoms with Gasteiger partial charge in [-0.05, 0) is 75.2 Å². The van der Waals surface area contributed by atoms with Crippen molar-refractivity contribution in [1.29, 1.82) is 0 Å². The predicted molar refractivity (Wildman–Crippen MR) is 137 cm³/mol. The Morgan fingerprint density at radius 2 is 1.78 bits per heavy atom. The van der Waals surface area contributed by atoms with Crippen LogP contribution in [0.1, 0.15) is 61.6 Å². The van der Waals surface area contributed by atoms with E-state index in [9.17, 15) is 13.2 Å². The highest BCUT2D eigenvalue weighted by molar-refractivity contribution is 6.76. The highest BCUT2D eigenvalue weighted by atomic mass is 28.3. The van der Waals surface area contributed by atoms with Gasteiger partial charge < -0.3 is 14.8 Å². The van der Waals surface area contributed by atoms with Crippen molar-refractivity contribution in [3.63, 3.8) is 0 Å². The largest absolute Gasteiger partial charge is 0.377 e. The van der Waals surface area contributed by atoms with Gasteiger partial charge in [0.2, 0.25) is 0 Å². The second kappa shape index (κ2) is 12.2. The van der Waals surface area contributed by atoms with E-state index in [4.69, 9.17) is 9.47 Å². The molecular formula is C27H40F3N3O2Si. The highest BCUT2D eigenvalue weighted by Crippen LogP contribution is 2.37. The number of aromatic nitrogens is 2. The first-order valence-corrected chi connectivity index (χ1v) is 17.0. The van der Waals surface area contributed by atoms with Gasteiger partial charge in [0.25, 0.3) is 0 Å². The van der Waals surface area contributed by atoms with E-state index in [2.05, 4.69) is 36.1 Å². The molecule has 0 amide bonds. The van der Waals surface area contributed by atoms with Gasteiger partial charge in [-0.3, -0.25) is 0 Å². The van der Waals surface area contributed by atoms with Crippen molar-refractivity contribution in [3.8, 4) is 0 Å². The smallest absolute Gasteiger partial charge is 0.165 e. The quantitative estimate of drug-likeness (QED) is 0.229. The number of hydrogen-bond acceptors (Lipinski definition) is 4. The molecule has 2 fully saturated rings. The molecule has 5 nitrogen and oxygen atoms in total. The van der Waals surface area contributed by atoms with Crippen LogP contribution in [0.5, 0.6) is 0 Å².